The molecule has 4 heteroatoms. The zero-order valence-electron chi connectivity index (χ0n) is 12.2. The van der Waals surface area contributed by atoms with Crippen LogP contribution in [0.5, 0.6) is 0 Å². The summed E-state index contributed by atoms with van der Waals surface area (Å²) in [5.74, 6) is 0. The Balaban J connectivity index is 2.32. The molecule has 108 valence electrons. The average Bonchev–Trinajstić information content (AvgIpc) is 2.43. The van der Waals surface area contributed by atoms with E-state index < -0.39 is 0 Å². The van der Waals surface area contributed by atoms with Crippen molar-refractivity contribution in [3.63, 3.8) is 0 Å². The molecule has 1 saturated heterocycles. The highest BCUT2D eigenvalue weighted by Gasteiger charge is 2.25. The van der Waals surface area contributed by atoms with Gasteiger partial charge < -0.3 is 15.2 Å². The van der Waals surface area contributed by atoms with Crippen molar-refractivity contribution in [2.75, 3.05) is 39.4 Å². The van der Waals surface area contributed by atoms with E-state index in [0.29, 0.717) is 6.10 Å². The van der Waals surface area contributed by atoms with E-state index in [0.717, 1.165) is 52.0 Å². The number of morpholine rings is 1. The van der Waals surface area contributed by atoms with E-state index in [9.17, 15) is 5.11 Å². The normalized spacial score (nSPS) is 25.0. The lowest BCUT2D eigenvalue weighted by molar-refractivity contribution is -0.0325. The van der Waals surface area contributed by atoms with Crippen LogP contribution in [0, 0.1) is 0 Å². The van der Waals surface area contributed by atoms with Crippen molar-refractivity contribution in [2.24, 2.45) is 0 Å². The van der Waals surface area contributed by atoms with Crippen molar-refractivity contribution in [3.8, 4) is 0 Å². The fourth-order valence-corrected chi connectivity index (χ4v) is 2.29. The highest BCUT2D eigenvalue weighted by molar-refractivity contribution is 4.84. The summed E-state index contributed by atoms with van der Waals surface area (Å²) in [5, 5.41) is 13.0. The molecule has 0 spiro atoms. The second-order valence-corrected chi connectivity index (χ2v) is 5.60. The molecule has 0 aromatic carbocycles. The topological polar surface area (TPSA) is 44.7 Å². The number of hydrogen-bond acceptors (Lipinski definition) is 4. The molecule has 2 N–H and O–H groups in total. The first-order valence-electron chi connectivity index (χ1n) is 7.33. The SMILES string of the molecule is CCCNC(C)(CO)CCN1CCOC(CC)C1. The molecule has 2 unspecified atom stereocenters. The van der Waals surface area contributed by atoms with Gasteiger partial charge >= 0.3 is 0 Å². The van der Waals surface area contributed by atoms with E-state index in [4.69, 9.17) is 4.74 Å². The van der Waals surface area contributed by atoms with Crippen molar-refractivity contribution in [1.82, 2.24) is 10.2 Å². The Hall–Kier alpha value is -0.160. The quantitative estimate of drug-likeness (QED) is 0.687. The smallest absolute Gasteiger partial charge is 0.0700 e. The zero-order valence-corrected chi connectivity index (χ0v) is 12.2. The Morgan fingerprint density at radius 1 is 1.44 bits per heavy atom. The van der Waals surface area contributed by atoms with Crippen LogP contribution in [0.2, 0.25) is 0 Å². The standard InChI is InChI=1S/C14H30N2O2/c1-4-7-15-14(3,12-17)6-8-16-9-10-18-13(5-2)11-16/h13,15,17H,4-12H2,1-3H3. The van der Waals surface area contributed by atoms with Gasteiger partial charge in [0, 0.05) is 25.2 Å². The lowest BCUT2D eigenvalue weighted by Gasteiger charge is -2.36. The van der Waals surface area contributed by atoms with E-state index in [2.05, 4.69) is 31.0 Å². The summed E-state index contributed by atoms with van der Waals surface area (Å²) in [7, 11) is 0. The van der Waals surface area contributed by atoms with Gasteiger partial charge in [-0.3, -0.25) is 4.90 Å². The van der Waals surface area contributed by atoms with Crippen LogP contribution in [0.3, 0.4) is 0 Å². The maximum atomic E-state index is 9.53. The third-order valence-corrected chi connectivity index (χ3v) is 3.81. The summed E-state index contributed by atoms with van der Waals surface area (Å²) in [6, 6.07) is 0. The van der Waals surface area contributed by atoms with Crippen LogP contribution < -0.4 is 5.32 Å². The number of aliphatic hydroxyl groups excluding tert-OH is 1. The van der Waals surface area contributed by atoms with Crippen molar-refractivity contribution in [3.05, 3.63) is 0 Å². The lowest BCUT2D eigenvalue weighted by Crippen LogP contribution is -2.50. The molecule has 0 saturated carbocycles. The monoisotopic (exact) mass is 258 g/mol. The predicted molar refractivity (Wildman–Crippen MR) is 74.9 cm³/mol. The first-order valence-corrected chi connectivity index (χ1v) is 7.33. The number of nitrogens with zero attached hydrogens (tertiary/aromatic N) is 1. The zero-order chi connectivity index (χ0) is 13.4. The third kappa shape index (κ3) is 5.22. The van der Waals surface area contributed by atoms with Gasteiger partial charge in [-0.15, -0.1) is 0 Å². The van der Waals surface area contributed by atoms with Crippen LogP contribution in [0.1, 0.15) is 40.0 Å². The van der Waals surface area contributed by atoms with Crippen LogP contribution in [0.15, 0.2) is 0 Å². The molecule has 1 heterocycles. The molecular weight excluding hydrogens is 228 g/mol. The van der Waals surface area contributed by atoms with Crippen molar-refractivity contribution in [1.29, 1.82) is 0 Å². The Bertz CT molecular complexity index is 226. The summed E-state index contributed by atoms with van der Waals surface area (Å²) in [4.78, 5) is 2.46. The molecular formula is C14H30N2O2. The van der Waals surface area contributed by atoms with Crippen LogP contribution in [0.25, 0.3) is 0 Å². The second kappa shape index (κ2) is 8.10. The maximum Gasteiger partial charge on any atom is 0.0700 e. The number of nitrogens with one attached hydrogen (secondary N) is 1. The van der Waals surface area contributed by atoms with Crippen LogP contribution >= 0.6 is 0 Å². The van der Waals surface area contributed by atoms with Gasteiger partial charge in [0.2, 0.25) is 0 Å². The summed E-state index contributed by atoms with van der Waals surface area (Å²) in [5.41, 5.74) is -0.143. The summed E-state index contributed by atoms with van der Waals surface area (Å²) < 4.78 is 5.67. The summed E-state index contributed by atoms with van der Waals surface area (Å²) >= 11 is 0. The molecule has 0 aromatic heterocycles. The van der Waals surface area contributed by atoms with Gasteiger partial charge in [-0.25, -0.2) is 0 Å². The van der Waals surface area contributed by atoms with E-state index >= 15 is 0 Å². The van der Waals surface area contributed by atoms with E-state index in [1.54, 1.807) is 0 Å². The van der Waals surface area contributed by atoms with Gasteiger partial charge in [0.25, 0.3) is 0 Å². The van der Waals surface area contributed by atoms with Gasteiger partial charge in [0.15, 0.2) is 0 Å². The molecule has 18 heavy (non-hydrogen) atoms. The largest absolute Gasteiger partial charge is 0.394 e. The van der Waals surface area contributed by atoms with E-state index in [-0.39, 0.29) is 12.1 Å². The molecule has 1 aliphatic heterocycles. The minimum absolute atomic E-state index is 0.143. The minimum Gasteiger partial charge on any atom is -0.394 e. The molecule has 0 amide bonds. The third-order valence-electron chi connectivity index (χ3n) is 3.81. The van der Waals surface area contributed by atoms with Crippen LogP contribution in [-0.4, -0.2) is 61.0 Å². The Morgan fingerprint density at radius 2 is 2.22 bits per heavy atom. The van der Waals surface area contributed by atoms with Gasteiger partial charge in [-0.1, -0.05) is 13.8 Å². The molecule has 1 rings (SSSR count). The molecule has 0 aliphatic carbocycles. The summed E-state index contributed by atoms with van der Waals surface area (Å²) in [6.45, 7) is 11.5. The molecule has 1 fully saturated rings. The number of rotatable bonds is 8. The van der Waals surface area contributed by atoms with Crippen molar-refractivity contribution >= 4 is 0 Å². The van der Waals surface area contributed by atoms with Crippen molar-refractivity contribution in [2.45, 2.75) is 51.7 Å². The maximum absolute atomic E-state index is 9.53. The minimum atomic E-state index is -0.143. The van der Waals surface area contributed by atoms with Crippen LogP contribution in [0.4, 0.5) is 0 Å². The highest BCUT2D eigenvalue weighted by Crippen LogP contribution is 2.13. The molecule has 0 aromatic rings. The first kappa shape index (κ1) is 15.9. The number of hydrogen-bond donors (Lipinski definition) is 2. The van der Waals surface area contributed by atoms with E-state index in [1.165, 1.54) is 0 Å². The van der Waals surface area contributed by atoms with Gasteiger partial charge in [0.05, 0.1) is 19.3 Å². The fraction of sp³-hybridized carbons (Fsp3) is 1.00. The Morgan fingerprint density at radius 3 is 2.83 bits per heavy atom. The molecule has 0 bridgehead atoms. The molecule has 0 radical (unpaired) electrons. The molecule has 2 atom stereocenters. The van der Waals surface area contributed by atoms with E-state index in [1.807, 2.05) is 0 Å². The van der Waals surface area contributed by atoms with Crippen molar-refractivity contribution < 1.29 is 9.84 Å². The van der Waals surface area contributed by atoms with Gasteiger partial charge in [-0.05, 0) is 32.7 Å². The molecule has 1 aliphatic rings. The predicted octanol–water partition coefficient (Wildman–Crippen LogP) is 1.24. The van der Waals surface area contributed by atoms with Gasteiger partial charge in [-0.2, -0.15) is 0 Å². The molecule has 4 nitrogen and oxygen atoms in total. The average molecular weight is 258 g/mol. The fourth-order valence-electron chi connectivity index (χ4n) is 2.29. The summed E-state index contributed by atoms with van der Waals surface area (Å²) in [6.07, 6.45) is 3.56. The second-order valence-electron chi connectivity index (χ2n) is 5.60. The Kier molecular flexibility index (Phi) is 7.15. The van der Waals surface area contributed by atoms with Crippen LogP contribution in [-0.2, 0) is 4.74 Å². The Labute approximate surface area is 112 Å². The van der Waals surface area contributed by atoms with Gasteiger partial charge in [0.1, 0.15) is 0 Å². The first-order chi connectivity index (χ1) is 8.63. The number of aliphatic hydroxyl groups is 1. The highest BCUT2D eigenvalue weighted by atomic mass is 16.5. The lowest BCUT2D eigenvalue weighted by atomic mass is 9.98. The number of ether oxygens (including phenoxy) is 1.